The number of nitrogens with one attached hydrogen (secondary N) is 1. The highest BCUT2D eigenvalue weighted by molar-refractivity contribution is 8.18. The van der Waals surface area contributed by atoms with Crippen molar-refractivity contribution in [2.45, 2.75) is 6.92 Å². The number of hydrogen-bond acceptors (Lipinski definition) is 4. The Hall–Kier alpha value is -2.34. The molecule has 1 amide bonds. The van der Waals surface area contributed by atoms with Gasteiger partial charge in [-0.2, -0.15) is 0 Å². The molecule has 1 N–H and O–H groups in total. The van der Waals surface area contributed by atoms with E-state index < -0.39 is 0 Å². The Kier molecular flexibility index (Phi) is 3.62. The van der Waals surface area contributed by atoms with Crippen molar-refractivity contribution < 1.29 is 13.6 Å². The minimum atomic E-state index is -0.323. The number of carbonyl (C=O) groups excluding carboxylic acids is 1. The first-order valence-electron chi connectivity index (χ1n) is 6.22. The van der Waals surface area contributed by atoms with Gasteiger partial charge in [0.2, 0.25) is 0 Å². The quantitative estimate of drug-likeness (QED) is 0.862. The smallest absolute Gasteiger partial charge is 0.264 e. The van der Waals surface area contributed by atoms with E-state index in [1.165, 1.54) is 23.9 Å². The Morgan fingerprint density at radius 1 is 1.24 bits per heavy atom. The van der Waals surface area contributed by atoms with Crippen LogP contribution >= 0.6 is 11.8 Å². The van der Waals surface area contributed by atoms with Gasteiger partial charge in [0.25, 0.3) is 5.91 Å². The number of aryl methyl sites for hydroxylation is 1. The average molecular weight is 302 g/mol. The summed E-state index contributed by atoms with van der Waals surface area (Å²) in [7, 11) is 0. The molecule has 1 fully saturated rings. The van der Waals surface area contributed by atoms with Gasteiger partial charge in [-0.3, -0.25) is 4.79 Å². The lowest BCUT2D eigenvalue weighted by Crippen LogP contribution is -2.19. The van der Waals surface area contributed by atoms with Gasteiger partial charge in [0.15, 0.2) is 5.17 Å². The Balaban J connectivity index is 1.81. The van der Waals surface area contributed by atoms with E-state index in [1.54, 1.807) is 24.3 Å². The van der Waals surface area contributed by atoms with Crippen LogP contribution in [0.2, 0.25) is 0 Å². The van der Waals surface area contributed by atoms with Crippen molar-refractivity contribution in [1.82, 2.24) is 5.32 Å². The highest BCUT2D eigenvalue weighted by Crippen LogP contribution is 2.28. The molecule has 0 atom stereocenters. The highest BCUT2D eigenvalue weighted by atomic mass is 32.2. The van der Waals surface area contributed by atoms with Crippen LogP contribution in [-0.4, -0.2) is 11.1 Å². The Labute approximate surface area is 124 Å². The van der Waals surface area contributed by atoms with Crippen molar-refractivity contribution in [2.24, 2.45) is 4.99 Å². The van der Waals surface area contributed by atoms with Crippen LogP contribution in [0.25, 0.3) is 6.08 Å². The van der Waals surface area contributed by atoms with Gasteiger partial charge in [-0.15, -0.1) is 0 Å². The fraction of sp³-hybridized carbons (Fsp3) is 0.0667. The summed E-state index contributed by atoms with van der Waals surface area (Å²) in [4.78, 5) is 16.6. The first kappa shape index (κ1) is 13.6. The zero-order valence-corrected chi connectivity index (χ0v) is 11.9. The third-order valence-corrected chi connectivity index (χ3v) is 3.65. The molecule has 1 aliphatic rings. The molecule has 2 aromatic rings. The number of amidine groups is 1. The van der Waals surface area contributed by atoms with Gasteiger partial charge in [-0.1, -0.05) is 0 Å². The molecule has 0 unspecified atom stereocenters. The van der Waals surface area contributed by atoms with Crippen LogP contribution < -0.4 is 5.32 Å². The lowest BCUT2D eigenvalue weighted by atomic mass is 10.3. The van der Waals surface area contributed by atoms with E-state index in [9.17, 15) is 9.18 Å². The second-order valence-electron chi connectivity index (χ2n) is 4.41. The van der Waals surface area contributed by atoms with Gasteiger partial charge in [0.05, 0.1) is 10.6 Å². The van der Waals surface area contributed by atoms with Crippen LogP contribution in [-0.2, 0) is 4.79 Å². The number of hydrogen-bond donors (Lipinski definition) is 1. The number of nitrogens with zero attached hydrogens (tertiary/aromatic N) is 1. The molecular weight excluding hydrogens is 291 g/mol. The number of aliphatic imine (C=N–C) groups is 1. The fourth-order valence-electron chi connectivity index (χ4n) is 1.77. The Morgan fingerprint density at radius 2 is 2.00 bits per heavy atom. The lowest BCUT2D eigenvalue weighted by molar-refractivity contribution is -0.115. The Morgan fingerprint density at radius 3 is 2.67 bits per heavy atom. The number of benzene rings is 1. The third-order valence-electron chi connectivity index (χ3n) is 2.74. The van der Waals surface area contributed by atoms with Crippen LogP contribution in [0, 0.1) is 12.7 Å². The standard InChI is InChI=1S/C15H11FN2O2S/c1-9-2-7-12(20-9)8-13-14(19)18-15(21-13)17-11-5-3-10(16)4-6-11/h2-8H,1H3,(H,17,18,19)/b13-8-. The first-order chi connectivity index (χ1) is 10.1. The number of carbonyl (C=O) groups is 1. The molecule has 1 saturated heterocycles. The van der Waals surface area contributed by atoms with Crippen LogP contribution in [0.1, 0.15) is 11.5 Å². The van der Waals surface area contributed by atoms with Crippen molar-refractivity contribution in [3.8, 4) is 0 Å². The maximum Gasteiger partial charge on any atom is 0.264 e. The molecule has 6 heteroatoms. The van der Waals surface area contributed by atoms with E-state index in [2.05, 4.69) is 10.3 Å². The summed E-state index contributed by atoms with van der Waals surface area (Å²) < 4.78 is 18.2. The molecule has 0 aliphatic carbocycles. The summed E-state index contributed by atoms with van der Waals surface area (Å²) in [5, 5.41) is 3.12. The number of furan rings is 1. The van der Waals surface area contributed by atoms with Crippen LogP contribution in [0.3, 0.4) is 0 Å². The molecule has 106 valence electrons. The maximum absolute atomic E-state index is 12.8. The van der Waals surface area contributed by atoms with E-state index in [1.807, 2.05) is 13.0 Å². The van der Waals surface area contributed by atoms with Crippen LogP contribution in [0.5, 0.6) is 0 Å². The summed E-state index contributed by atoms with van der Waals surface area (Å²) in [5.41, 5.74) is 0.578. The molecule has 1 aromatic carbocycles. The number of amides is 1. The zero-order chi connectivity index (χ0) is 14.8. The van der Waals surface area contributed by atoms with Crippen molar-refractivity contribution >= 4 is 34.6 Å². The lowest BCUT2D eigenvalue weighted by Gasteiger charge is -1.95. The van der Waals surface area contributed by atoms with Crippen molar-refractivity contribution in [2.75, 3.05) is 0 Å². The largest absolute Gasteiger partial charge is 0.462 e. The second-order valence-corrected chi connectivity index (χ2v) is 5.44. The summed E-state index contributed by atoms with van der Waals surface area (Å²) in [6.07, 6.45) is 1.67. The summed E-state index contributed by atoms with van der Waals surface area (Å²) in [6.45, 7) is 1.84. The van der Waals surface area contributed by atoms with Crippen molar-refractivity contribution in [1.29, 1.82) is 0 Å². The van der Waals surface area contributed by atoms with Crippen LogP contribution in [0.15, 0.2) is 50.7 Å². The SMILES string of the molecule is Cc1ccc(/C=C2\SC(=Nc3ccc(F)cc3)NC2=O)o1. The molecule has 2 heterocycles. The minimum absolute atomic E-state index is 0.227. The molecule has 4 nitrogen and oxygen atoms in total. The topological polar surface area (TPSA) is 54.6 Å². The van der Waals surface area contributed by atoms with Gasteiger partial charge < -0.3 is 9.73 Å². The van der Waals surface area contributed by atoms with Crippen LogP contribution in [0.4, 0.5) is 10.1 Å². The fourth-order valence-corrected chi connectivity index (χ4v) is 2.60. The van der Waals surface area contributed by atoms with Gasteiger partial charge in [0, 0.05) is 6.08 Å². The summed E-state index contributed by atoms with van der Waals surface area (Å²) in [5.74, 6) is 0.851. The predicted molar refractivity (Wildman–Crippen MR) is 80.7 cm³/mol. The monoisotopic (exact) mass is 302 g/mol. The highest BCUT2D eigenvalue weighted by Gasteiger charge is 2.24. The van der Waals surface area contributed by atoms with E-state index >= 15 is 0 Å². The molecule has 0 bridgehead atoms. The number of halogens is 1. The van der Waals surface area contributed by atoms with E-state index in [0.29, 0.717) is 21.5 Å². The Bertz CT molecular complexity index is 747. The van der Waals surface area contributed by atoms with Gasteiger partial charge in [-0.05, 0) is 55.1 Å². The molecule has 0 spiro atoms. The zero-order valence-electron chi connectivity index (χ0n) is 11.1. The summed E-state index contributed by atoms with van der Waals surface area (Å²) in [6, 6.07) is 9.37. The molecule has 1 aromatic heterocycles. The number of rotatable bonds is 2. The van der Waals surface area contributed by atoms with Gasteiger partial charge >= 0.3 is 0 Å². The van der Waals surface area contributed by atoms with E-state index in [0.717, 1.165) is 5.76 Å². The van der Waals surface area contributed by atoms with Gasteiger partial charge in [0.1, 0.15) is 17.3 Å². The number of thioether (sulfide) groups is 1. The summed E-state index contributed by atoms with van der Waals surface area (Å²) >= 11 is 1.22. The van der Waals surface area contributed by atoms with Gasteiger partial charge in [-0.25, -0.2) is 9.38 Å². The van der Waals surface area contributed by atoms with Crippen molar-refractivity contribution in [3.05, 3.63) is 58.6 Å². The minimum Gasteiger partial charge on any atom is -0.462 e. The van der Waals surface area contributed by atoms with E-state index in [4.69, 9.17) is 4.42 Å². The molecule has 0 radical (unpaired) electrons. The first-order valence-corrected chi connectivity index (χ1v) is 7.03. The molecular formula is C15H11FN2O2S. The van der Waals surface area contributed by atoms with Crippen molar-refractivity contribution in [3.63, 3.8) is 0 Å². The molecule has 3 rings (SSSR count). The molecule has 1 aliphatic heterocycles. The van der Waals surface area contributed by atoms with E-state index in [-0.39, 0.29) is 11.7 Å². The molecule has 21 heavy (non-hydrogen) atoms. The predicted octanol–water partition coefficient (Wildman–Crippen LogP) is 3.62. The maximum atomic E-state index is 12.8. The molecule has 0 saturated carbocycles. The second kappa shape index (κ2) is 5.57. The normalized spacial score (nSPS) is 18.5. The third kappa shape index (κ3) is 3.22. The average Bonchev–Trinajstić information content (AvgIpc) is 3.00.